The van der Waals surface area contributed by atoms with Crippen molar-refractivity contribution < 1.29 is 0 Å². The van der Waals surface area contributed by atoms with E-state index >= 15 is 0 Å². The van der Waals surface area contributed by atoms with Crippen LogP contribution in [-0.4, -0.2) is 5.71 Å². The zero-order valence-corrected chi connectivity index (χ0v) is 6.91. The lowest BCUT2D eigenvalue weighted by Gasteiger charge is -2.04. The lowest BCUT2D eigenvalue weighted by molar-refractivity contribution is 1.53. The summed E-state index contributed by atoms with van der Waals surface area (Å²) in [6, 6.07) is 8.14. The van der Waals surface area contributed by atoms with E-state index in [-0.39, 0.29) is 0 Å². The van der Waals surface area contributed by atoms with Crippen LogP contribution in [0.4, 0.5) is 5.69 Å². The molecule has 2 heteroatoms. The average Bonchev–Trinajstić information content (AvgIpc) is 2.29. The molecule has 0 bridgehead atoms. The maximum atomic E-state index is 4.24. The summed E-state index contributed by atoms with van der Waals surface area (Å²) in [5.74, 6) is 0. The summed E-state index contributed by atoms with van der Waals surface area (Å²) < 4.78 is 0. The minimum atomic E-state index is 1.05. The number of rotatable bonds is 0. The molecule has 0 aromatic heterocycles. The molecule has 1 N–H and O–H groups in total. The third-order valence-corrected chi connectivity index (χ3v) is 1.90. The number of fused-ring (bicyclic) bond motifs is 1. The van der Waals surface area contributed by atoms with E-state index in [0.717, 1.165) is 11.4 Å². The van der Waals surface area contributed by atoms with E-state index in [0.29, 0.717) is 0 Å². The zero-order valence-electron chi connectivity index (χ0n) is 6.91. The maximum absolute atomic E-state index is 4.24. The fraction of sp³-hybridized carbons (Fsp3) is 0.100. The SMILES string of the molecule is CC1=NC=CNc2ccccc21. The first kappa shape index (κ1) is 7.10. The lowest BCUT2D eigenvalue weighted by Crippen LogP contribution is -1.97. The highest BCUT2D eigenvalue weighted by Gasteiger charge is 2.03. The zero-order chi connectivity index (χ0) is 8.39. The van der Waals surface area contributed by atoms with Gasteiger partial charge in [-0.25, -0.2) is 0 Å². The van der Waals surface area contributed by atoms with E-state index in [9.17, 15) is 0 Å². The van der Waals surface area contributed by atoms with Gasteiger partial charge in [-0.05, 0) is 13.0 Å². The van der Waals surface area contributed by atoms with Crippen molar-refractivity contribution >= 4 is 11.4 Å². The van der Waals surface area contributed by atoms with Gasteiger partial charge in [0.15, 0.2) is 0 Å². The van der Waals surface area contributed by atoms with Crippen LogP contribution in [0.2, 0.25) is 0 Å². The molecular formula is C10H10N2. The molecule has 1 heterocycles. The molecule has 2 nitrogen and oxygen atoms in total. The summed E-state index contributed by atoms with van der Waals surface area (Å²) in [7, 11) is 0. The molecule has 0 atom stereocenters. The summed E-state index contributed by atoms with van der Waals surface area (Å²) >= 11 is 0. The van der Waals surface area contributed by atoms with Crippen LogP contribution < -0.4 is 5.32 Å². The van der Waals surface area contributed by atoms with E-state index in [4.69, 9.17) is 0 Å². The Morgan fingerprint density at radius 2 is 2.08 bits per heavy atom. The van der Waals surface area contributed by atoms with Gasteiger partial charge in [0.05, 0.1) is 0 Å². The molecule has 0 saturated carbocycles. The minimum absolute atomic E-state index is 1.05. The number of hydrogen-bond acceptors (Lipinski definition) is 2. The Bertz CT molecular complexity index is 351. The van der Waals surface area contributed by atoms with Gasteiger partial charge in [0.2, 0.25) is 0 Å². The number of anilines is 1. The Morgan fingerprint density at radius 3 is 3.00 bits per heavy atom. The highest BCUT2D eigenvalue weighted by molar-refractivity contribution is 6.04. The van der Waals surface area contributed by atoms with Gasteiger partial charge in [0.1, 0.15) is 0 Å². The molecule has 1 aromatic carbocycles. The average molecular weight is 158 g/mol. The number of hydrogen-bond donors (Lipinski definition) is 1. The number of aliphatic imine (C=N–C) groups is 1. The van der Waals surface area contributed by atoms with Crippen LogP contribution in [0, 0.1) is 0 Å². The second-order valence-electron chi connectivity index (χ2n) is 2.72. The van der Waals surface area contributed by atoms with Crippen LogP contribution in [0.5, 0.6) is 0 Å². The van der Waals surface area contributed by atoms with Gasteiger partial charge in [0.25, 0.3) is 0 Å². The van der Waals surface area contributed by atoms with Gasteiger partial charge >= 0.3 is 0 Å². The molecule has 1 aliphatic rings. The Balaban J connectivity index is 2.58. The van der Waals surface area contributed by atoms with Crippen molar-refractivity contribution in [2.45, 2.75) is 6.92 Å². The predicted octanol–water partition coefficient (Wildman–Crippen LogP) is 2.39. The van der Waals surface area contributed by atoms with Crippen LogP contribution in [0.15, 0.2) is 41.7 Å². The molecule has 60 valence electrons. The normalized spacial score (nSPS) is 14.2. The largest absolute Gasteiger partial charge is 0.360 e. The molecule has 1 aliphatic heterocycles. The summed E-state index contributed by atoms with van der Waals surface area (Å²) in [4.78, 5) is 4.24. The van der Waals surface area contributed by atoms with E-state index in [1.807, 2.05) is 31.3 Å². The number of nitrogens with zero attached hydrogens (tertiary/aromatic N) is 1. The van der Waals surface area contributed by atoms with Crippen molar-refractivity contribution in [1.82, 2.24) is 0 Å². The summed E-state index contributed by atoms with van der Waals surface area (Å²) in [6.07, 6.45) is 3.62. The summed E-state index contributed by atoms with van der Waals surface area (Å²) in [6.45, 7) is 2.01. The molecule has 0 aliphatic carbocycles. The highest BCUT2D eigenvalue weighted by atomic mass is 14.9. The van der Waals surface area contributed by atoms with Crippen LogP contribution >= 0.6 is 0 Å². The molecule has 1 aromatic rings. The monoisotopic (exact) mass is 158 g/mol. The first-order valence-corrected chi connectivity index (χ1v) is 3.93. The van der Waals surface area contributed by atoms with Crippen LogP contribution in [0.1, 0.15) is 12.5 Å². The van der Waals surface area contributed by atoms with Gasteiger partial charge < -0.3 is 5.32 Å². The lowest BCUT2D eigenvalue weighted by atomic mass is 10.1. The number of para-hydroxylation sites is 1. The quantitative estimate of drug-likeness (QED) is 0.616. The van der Waals surface area contributed by atoms with Crippen molar-refractivity contribution in [3.63, 3.8) is 0 Å². The van der Waals surface area contributed by atoms with Gasteiger partial charge in [-0.15, -0.1) is 0 Å². The first-order chi connectivity index (χ1) is 5.88. The Morgan fingerprint density at radius 1 is 1.25 bits per heavy atom. The Hall–Kier alpha value is -1.57. The fourth-order valence-corrected chi connectivity index (χ4v) is 1.27. The second kappa shape index (κ2) is 2.81. The van der Waals surface area contributed by atoms with Crippen molar-refractivity contribution in [1.29, 1.82) is 0 Å². The van der Waals surface area contributed by atoms with Crippen LogP contribution in [0.25, 0.3) is 0 Å². The van der Waals surface area contributed by atoms with Crippen molar-refractivity contribution in [2.75, 3.05) is 5.32 Å². The molecular weight excluding hydrogens is 148 g/mol. The standard InChI is InChI=1S/C10H10N2/c1-8-9-4-2-3-5-10(9)12-7-6-11-8/h2-7,12H,1H3. The van der Waals surface area contributed by atoms with Crippen molar-refractivity contribution in [2.24, 2.45) is 4.99 Å². The highest BCUT2D eigenvalue weighted by Crippen LogP contribution is 2.17. The number of benzene rings is 1. The molecule has 2 rings (SSSR count). The fourth-order valence-electron chi connectivity index (χ4n) is 1.27. The summed E-state index contributed by atoms with van der Waals surface area (Å²) in [5, 5.41) is 3.16. The third-order valence-electron chi connectivity index (χ3n) is 1.90. The Kier molecular flexibility index (Phi) is 1.67. The van der Waals surface area contributed by atoms with Crippen LogP contribution in [-0.2, 0) is 0 Å². The predicted molar refractivity (Wildman–Crippen MR) is 51.4 cm³/mol. The first-order valence-electron chi connectivity index (χ1n) is 3.93. The Labute approximate surface area is 71.6 Å². The summed E-state index contributed by atoms with van der Waals surface area (Å²) in [5.41, 5.74) is 3.34. The van der Waals surface area contributed by atoms with E-state index < -0.39 is 0 Å². The van der Waals surface area contributed by atoms with Gasteiger partial charge in [-0.2, -0.15) is 0 Å². The third kappa shape index (κ3) is 1.11. The maximum Gasteiger partial charge on any atom is 0.0472 e. The molecule has 0 spiro atoms. The molecule has 0 amide bonds. The van der Waals surface area contributed by atoms with Gasteiger partial charge in [-0.1, -0.05) is 18.2 Å². The van der Waals surface area contributed by atoms with Gasteiger partial charge in [0, 0.05) is 29.4 Å². The molecule has 0 radical (unpaired) electrons. The van der Waals surface area contributed by atoms with Crippen LogP contribution in [0.3, 0.4) is 0 Å². The van der Waals surface area contributed by atoms with Crippen molar-refractivity contribution in [3.05, 3.63) is 42.2 Å². The van der Waals surface area contributed by atoms with E-state index in [2.05, 4.69) is 16.4 Å². The van der Waals surface area contributed by atoms with Crippen molar-refractivity contribution in [3.8, 4) is 0 Å². The molecule has 12 heavy (non-hydrogen) atoms. The molecule has 0 fully saturated rings. The minimum Gasteiger partial charge on any atom is -0.360 e. The smallest absolute Gasteiger partial charge is 0.0472 e. The molecule has 0 unspecified atom stereocenters. The van der Waals surface area contributed by atoms with Gasteiger partial charge in [-0.3, -0.25) is 4.99 Å². The second-order valence-corrected chi connectivity index (χ2v) is 2.72. The number of nitrogens with one attached hydrogen (secondary N) is 1. The van der Waals surface area contributed by atoms with E-state index in [1.165, 1.54) is 5.56 Å². The van der Waals surface area contributed by atoms with E-state index in [1.54, 1.807) is 6.20 Å². The molecule has 0 saturated heterocycles. The topological polar surface area (TPSA) is 24.4 Å².